The largest absolute Gasteiger partial charge is 0.378 e. The lowest BCUT2D eigenvalue weighted by molar-refractivity contribution is 0.625. The van der Waals surface area contributed by atoms with Crippen molar-refractivity contribution < 1.29 is 4.39 Å². The van der Waals surface area contributed by atoms with Crippen LogP contribution in [0, 0.1) is 12.7 Å². The third kappa shape index (κ3) is 3.80. The Labute approximate surface area is 129 Å². The van der Waals surface area contributed by atoms with Crippen molar-refractivity contribution in [2.24, 2.45) is 0 Å². The fourth-order valence-electron chi connectivity index (χ4n) is 2.00. The number of benzene rings is 2. The summed E-state index contributed by atoms with van der Waals surface area (Å²) in [5.74, 6) is -0.235. The zero-order valence-corrected chi connectivity index (χ0v) is 13.8. The molecule has 0 aliphatic rings. The average molecular weight is 387 g/mol. The SMILES string of the molecule is Cc1cc(Br)cc(NC(C)c2ccc(F)cc2Br)c1. The van der Waals surface area contributed by atoms with Gasteiger partial charge in [-0.05, 0) is 55.3 Å². The van der Waals surface area contributed by atoms with Crippen molar-refractivity contribution in [3.8, 4) is 0 Å². The summed E-state index contributed by atoms with van der Waals surface area (Å²) in [4.78, 5) is 0. The molecule has 19 heavy (non-hydrogen) atoms. The first kappa shape index (κ1) is 14.5. The van der Waals surface area contributed by atoms with Crippen LogP contribution < -0.4 is 5.32 Å². The van der Waals surface area contributed by atoms with Crippen molar-refractivity contribution in [3.63, 3.8) is 0 Å². The Bertz CT molecular complexity index is 578. The lowest BCUT2D eigenvalue weighted by atomic mass is 10.1. The lowest BCUT2D eigenvalue weighted by Gasteiger charge is -2.18. The van der Waals surface area contributed by atoms with Crippen molar-refractivity contribution >= 4 is 37.5 Å². The van der Waals surface area contributed by atoms with Gasteiger partial charge in [-0.15, -0.1) is 0 Å². The molecule has 0 aliphatic heterocycles. The monoisotopic (exact) mass is 385 g/mol. The van der Waals surface area contributed by atoms with E-state index in [1.165, 1.54) is 17.7 Å². The molecule has 0 spiro atoms. The van der Waals surface area contributed by atoms with Gasteiger partial charge in [0.2, 0.25) is 0 Å². The minimum atomic E-state index is -0.235. The van der Waals surface area contributed by atoms with Crippen molar-refractivity contribution in [1.29, 1.82) is 0 Å². The zero-order chi connectivity index (χ0) is 14.0. The summed E-state index contributed by atoms with van der Waals surface area (Å²) in [5.41, 5.74) is 3.25. The van der Waals surface area contributed by atoms with Crippen LogP contribution in [0.25, 0.3) is 0 Å². The van der Waals surface area contributed by atoms with Gasteiger partial charge in [0.05, 0.1) is 0 Å². The maximum atomic E-state index is 13.1. The molecule has 0 bridgehead atoms. The molecular weight excluding hydrogens is 373 g/mol. The van der Waals surface area contributed by atoms with E-state index in [-0.39, 0.29) is 11.9 Å². The predicted octanol–water partition coefficient (Wildman–Crippen LogP) is 5.83. The average Bonchev–Trinajstić information content (AvgIpc) is 2.26. The van der Waals surface area contributed by atoms with Crippen LogP contribution in [0.4, 0.5) is 10.1 Å². The minimum absolute atomic E-state index is 0.0867. The summed E-state index contributed by atoms with van der Waals surface area (Å²) >= 11 is 6.89. The van der Waals surface area contributed by atoms with E-state index in [2.05, 4.69) is 56.2 Å². The fourth-order valence-corrected chi connectivity index (χ4v) is 3.30. The van der Waals surface area contributed by atoms with E-state index in [9.17, 15) is 4.39 Å². The van der Waals surface area contributed by atoms with Crippen LogP contribution in [0.3, 0.4) is 0 Å². The van der Waals surface area contributed by atoms with E-state index in [0.29, 0.717) is 0 Å². The van der Waals surface area contributed by atoms with Crippen LogP contribution in [0.5, 0.6) is 0 Å². The highest BCUT2D eigenvalue weighted by molar-refractivity contribution is 9.10. The van der Waals surface area contributed by atoms with Crippen LogP contribution in [0.15, 0.2) is 45.3 Å². The van der Waals surface area contributed by atoms with E-state index in [1.807, 2.05) is 13.0 Å². The molecule has 0 aromatic heterocycles. The molecule has 0 saturated heterocycles. The molecule has 1 N–H and O–H groups in total. The van der Waals surface area contributed by atoms with Crippen LogP contribution >= 0.6 is 31.9 Å². The second-order valence-corrected chi connectivity index (χ2v) is 6.32. The van der Waals surface area contributed by atoms with Crippen LogP contribution in [-0.4, -0.2) is 0 Å². The molecule has 1 nitrogen and oxygen atoms in total. The highest BCUT2D eigenvalue weighted by Crippen LogP contribution is 2.28. The van der Waals surface area contributed by atoms with Crippen molar-refractivity contribution in [3.05, 3.63) is 62.3 Å². The first-order valence-electron chi connectivity index (χ1n) is 5.94. The van der Waals surface area contributed by atoms with Gasteiger partial charge < -0.3 is 5.32 Å². The molecule has 2 aromatic carbocycles. The van der Waals surface area contributed by atoms with E-state index < -0.39 is 0 Å². The molecule has 100 valence electrons. The van der Waals surface area contributed by atoms with Gasteiger partial charge in [0.25, 0.3) is 0 Å². The Morgan fingerprint density at radius 3 is 2.47 bits per heavy atom. The summed E-state index contributed by atoms with van der Waals surface area (Å²) in [6.45, 7) is 4.10. The van der Waals surface area contributed by atoms with E-state index >= 15 is 0 Å². The van der Waals surface area contributed by atoms with Gasteiger partial charge in [-0.25, -0.2) is 4.39 Å². The summed E-state index contributed by atoms with van der Waals surface area (Å²) in [7, 11) is 0. The first-order chi connectivity index (χ1) is 8.95. The topological polar surface area (TPSA) is 12.0 Å². The van der Waals surface area contributed by atoms with E-state index in [1.54, 1.807) is 6.07 Å². The van der Waals surface area contributed by atoms with Gasteiger partial charge >= 0.3 is 0 Å². The molecule has 0 aliphatic carbocycles. The second kappa shape index (κ2) is 6.06. The molecule has 2 rings (SSSR count). The Balaban J connectivity index is 2.22. The molecule has 2 aromatic rings. The molecular formula is C15H14Br2FN. The molecule has 1 atom stereocenters. The second-order valence-electron chi connectivity index (χ2n) is 4.55. The van der Waals surface area contributed by atoms with Crippen LogP contribution in [0.2, 0.25) is 0 Å². The summed E-state index contributed by atoms with van der Waals surface area (Å²) < 4.78 is 14.9. The third-order valence-electron chi connectivity index (χ3n) is 2.85. The molecule has 4 heteroatoms. The molecule has 0 radical (unpaired) electrons. The highest BCUT2D eigenvalue weighted by atomic mass is 79.9. The Morgan fingerprint density at radius 1 is 1.11 bits per heavy atom. The van der Waals surface area contributed by atoms with Gasteiger partial charge in [0.1, 0.15) is 5.82 Å². The van der Waals surface area contributed by atoms with Crippen LogP contribution in [0.1, 0.15) is 24.1 Å². The normalized spacial score (nSPS) is 12.3. The van der Waals surface area contributed by atoms with E-state index in [0.717, 1.165) is 20.2 Å². The van der Waals surface area contributed by atoms with Crippen molar-refractivity contribution in [2.75, 3.05) is 5.32 Å². The number of hydrogen-bond donors (Lipinski definition) is 1. The van der Waals surface area contributed by atoms with Gasteiger partial charge in [-0.1, -0.05) is 37.9 Å². The summed E-state index contributed by atoms with van der Waals surface area (Å²) in [5, 5.41) is 3.42. The number of aryl methyl sites for hydroxylation is 1. The number of nitrogens with one attached hydrogen (secondary N) is 1. The quantitative estimate of drug-likeness (QED) is 0.699. The van der Waals surface area contributed by atoms with E-state index in [4.69, 9.17) is 0 Å². The molecule has 0 fully saturated rings. The van der Waals surface area contributed by atoms with Crippen molar-refractivity contribution in [1.82, 2.24) is 0 Å². The standard InChI is InChI=1S/C15H14Br2FN/c1-9-5-11(16)7-13(6-9)19-10(2)14-4-3-12(18)8-15(14)17/h3-8,10,19H,1-2H3. The van der Waals surface area contributed by atoms with Crippen molar-refractivity contribution in [2.45, 2.75) is 19.9 Å². The fraction of sp³-hybridized carbons (Fsp3) is 0.200. The maximum absolute atomic E-state index is 13.1. The maximum Gasteiger partial charge on any atom is 0.124 e. The number of anilines is 1. The Hall–Kier alpha value is -0.870. The summed E-state index contributed by atoms with van der Waals surface area (Å²) in [6.07, 6.45) is 0. The highest BCUT2D eigenvalue weighted by Gasteiger charge is 2.10. The predicted molar refractivity (Wildman–Crippen MR) is 85.0 cm³/mol. The third-order valence-corrected chi connectivity index (χ3v) is 4.00. The van der Waals surface area contributed by atoms with Gasteiger partial charge in [-0.2, -0.15) is 0 Å². The molecule has 0 amide bonds. The lowest BCUT2D eigenvalue weighted by Crippen LogP contribution is -2.07. The minimum Gasteiger partial charge on any atom is -0.378 e. The van der Waals surface area contributed by atoms with Gasteiger partial charge in [0.15, 0.2) is 0 Å². The molecule has 1 unspecified atom stereocenters. The number of hydrogen-bond acceptors (Lipinski definition) is 1. The first-order valence-corrected chi connectivity index (χ1v) is 7.53. The smallest absolute Gasteiger partial charge is 0.124 e. The number of rotatable bonds is 3. The Morgan fingerprint density at radius 2 is 1.84 bits per heavy atom. The zero-order valence-electron chi connectivity index (χ0n) is 10.7. The molecule has 0 saturated carbocycles. The molecule has 0 heterocycles. The van der Waals surface area contributed by atoms with Gasteiger partial charge in [0, 0.05) is 20.7 Å². The van der Waals surface area contributed by atoms with Crippen LogP contribution in [-0.2, 0) is 0 Å². The van der Waals surface area contributed by atoms with Gasteiger partial charge in [-0.3, -0.25) is 0 Å². The number of halogens is 3. The summed E-state index contributed by atoms with van der Waals surface area (Å²) in [6, 6.07) is 11.0. The Kier molecular flexibility index (Phi) is 4.63.